The van der Waals surface area contributed by atoms with Crippen LogP contribution >= 0.6 is 15.9 Å². The number of ether oxygens (including phenoxy) is 1. The summed E-state index contributed by atoms with van der Waals surface area (Å²) in [4.78, 5) is 11.5. The van der Waals surface area contributed by atoms with Gasteiger partial charge in [0.05, 0.1) is 7.11 Å². The van der Waals surface area contributed by atoms with Gasteiger partial charge >= 0.3 is 5.97 Å². The molecule has 16 heavy (non-hydrogen) atoms. The standard InChI is InChI=1S/C12H14BrNO2/c1-16-11(15)10(14)12(6-7-12)8-4-2-3-5-9(8)13/h2-5,10H,6-7,14H2,1H3. The summed E-state index contributed by atoms with van der Waals surface area (Å²) in [5.41, 5.74) is 6.85. The predicted molar refractivity (Wildman–Crippen MR) is 65.0 cm³/mol. The van der Waals surface area contributed by atoms with Gasteiger partial charge in [-0.2, -0.15) is 0 Å². The Bertz CT molecular complexity index is 415. The lowest BCUT2D eigenvalue weighted by atomic mass is 9.88. The van der Waals surface area contributed by atoms with Gasteiger partial charge in [0.2, 0.25) is 0 Å². The van der Waals surface area contributed by atoms with Crippen molar-refractivity contribution < 1.29 is 9.53 Å². The summed E-state index contributed by atoms with van der Waals surface area (Å²) in [6.07, 6.45) is 1.87. The number of methoxy groups -OCH3 is 1. The van der Waals surface area contributed by atoms with Crippen molar-refractivity contribution in [3.8, 4) is 0 Å². The molecule has 1 atom stereocenters. The van der Waals surface area contributed by atoms with E-state index in [1.807, 2.05) is 24.3 Å². The smallest absolute Gasteiger partial charge is 0.323 e. The molecule has 0 spiro atoms. The fourth-order valence-electron chi connectivity index (χ4n) is 2.10. The molecule has 0 amide bonds. The minimum absolute atomic E-state index is 0.229. The highest BCUT2D eigenvalue weighted by atomic mass is 79.9. The molecule has 1 fully saturated rings. The lowest BCUT2D eigenvalue weighted by molar-refractivity contribution is -0.143. The molecule has 1 aromatic carbocycles. The van der Waals surface area contributed by atoms with Gasteiger partial charge in [-0.05, 0) is 24.5 Å². The van der Waals surface area contributed by atoms with Crippen molar-refractivity contribution in [1.82, 2.24) is 0 Å². The molecule has 3 nitrogen and oxygen atoms in total. The van der Waals surface area contributed by atoms with Crippen LogP contribution in [0.15, 0.2) is 28.7 Å². The first-order valence-electron chi connectivity index (χ1n) is 5.20. The van der Waals surface area contributed by atoms with Crippen molar-refractivity contribution in [2.24, 2.45) is 5.73 Å². The first kappa shape index (κ1) is 11.6. The molecule has 0 saturated heterocycles. The molecule has 1 aromatic rings. The number of esters is 1. The monoisotopic (exact) mass is 283 g/mol. The van der Waals surface area contributed by atoms with Gasteiger partial charge in [0.15, 0.2) is 0 Å². The van der Waals surface area contributed by atoms with Crippen LogP contribution in [0.1, 0.15) is 18.4 Å². The summed E-state index contributed by atoms with van der Waals surface area (Å²) >= 11 is 3.50. The second-order valence-electron chi connectivity index (χ2n) is 4.14. The van der Waals surface area contributed by atoms with Crippen LogP contribution in [-0.4, -0.2) is 19.1 Å². The van der Waals surface area contributed by atoms with Crippen LogP contribution in [0.2, 0.25) is 0 Å². The summed E-state index contributed by atoms with van der Waals surface area (Å²) in [7, 11) is 1.37. The molecule has 2 N–H and O–H groups in total. The van der Waals surface area contributed by atoms with E-state index in [1.165, 1.54) is 7.11 Å². The number of carbonyl (C=O) groups is 1. The minimum atomic E-state index is -0.573. The van der Waals surface area contributed by atoms with E-state index in [2.05, 4.69) is 15.9 Å². The molecule has 0 aromatic heterocycles. The summed E-state index contributed by atoms with van der Waals surface area (Å²) in [5, 5.41) is 0. The Morgan fingerprint density at radius 3 is 2.62 bits per heavy atom. The zero-order valence-corrected chi connectivity index (χ0v) is 10.7. The van der Waals surface area contributed by atoms with Crippen LogP contribution in [0.4, 0.5) is 0 Å². The average molecular weight is 284 g/mol. The normalized spacial score (nSPS) is 18.9. The summed E-state index contributed by atoms with van der Waals surface area (Å²) < 4.78 is 5.73. The molecule has 1 unspecified atom stereocenters. The van der Waals surface area contributed by atoms with Gasteiger partial charge in [-0.15, -0.1) is 0 Å². The predicted octanol–water partition coefficient (Wildman–Crippen LogP) is 1.98. The molecule has 1 saturated carbocycles. The molecular weight excluding hydrogens is 270 g/mol. The van der Waals surface area contributed by atoms with E-state index in [9.17, 15) is 4.79 Å². The molecule has 0 bridgehead atoms. The topological polar surface area (TPSA) is 52.3 Å². The Labute approximate surface area is 103 Å². The van der Waals surface area contributed by atoms with Crippen molar-refractivity contribution in [3.05, 3.63) is 34.3 Å². The van der Waals surface area contributed by atoms with Crippen molar-refractivity contribution >= 4 is 21.9 Å². The van der Waals surface area contributed by atoms with Crippen LogP contribution in [0, 0.1) is 0 Å². The molecule has 1 aliphatic rings. The summed E-state index contributed by atoms with van der Waals surface area (Å²) in [6.45, 7) is 0. The molecule has 1 aliphatic carbocycles. The van der Waals surface area contributed by atoms with Crippen LogP contribution < -0.4 is 5.73 Å². The third-order valence-electron chi connectivity index (χ3n) is 3.25. The Kier molecular flexibility index (Phi) is 3.04. The number of rotatable bonds is 3. The van der Waals surface area contributed by atoms with E-state index in [1.54, 1.807) is 0 Å². The Morgan fingerprint density at radius 1 is 1.50 bits per heavy atom. The second kappa shape index (κ2) is 4.18. The highest BCUT2D eigenvalue weighted by molar-refractivity contribution is 9.10. The third kappa shape index (κ3) is 1.76. The number of nitrogens with two attached hydrogens (primary N) is 1. The van der Waals surface area contributed by atoms with Crippen molar-refractivity contribution in [2.75, 3.05) is 7.11 Å². The quantitative estimate of drug-likeness (QED) is 0.863. The van der Waals surface area contributed by atoms with E-state index >= 15 is 0 Å². The maximum atomic E-state index is 11.5. The van der Waals surface area contributed by atoms with E-state index in [4.69, 9.17) is 10.5 Å². The molecule has 2 rings (SSSR count). The fourth-order valence-corrected chi connectivity index (χ4v) is 2.78. The van der Waals surface area contributed by atoms with Gasteiger partial charge in [-0.25, -0.2) is 0 Å². The van der Waals surface area contributed by atoms with Crippen LogP contribution in [-0.2, 0) is 14.9 Å². The van der Waals surface area contributed by atoms with E-state index < -0.39 is 6.04 Å². The minimum Gasteiger partial charge on any atom is -0.468 e. The van der Waals surface area contributed by atoms with Gasteiger partial charge in [0.25, 0.3) is 0 Å². The molecule has 0 radical (unpaired) electrons. The third-order valence-corrected chi connectivity index (χ3v) is 3.94. The number of halogens is 1. The van der Waals surface area contributed by atoms with E-state index in [0.29, 0.717) is 0 Å². The zero-order valence-electron chi connectivity index (χ0n) is 9.07. The van der Waals surface area contributed by atoms with Crippen LogP contribution in [0.5, 0.6) is 0 Å². The first-order chi connectivity index (χ1) is 7.62. The lowest BCUT2D eigenvalue weighted by Gasteiger charge is -2.22. The number of hydrogen-bond acceptors (Lipinski definition) is 3. The van der Waals surface area contributed by atoms with Crippen molar-refractivity contribution in [3.63, 3.8) is 0 Å². The van der Waals surface area contributed by atoms with Gasteiger partial charge in [-0.3, -0.25) is 4.79 Å². The lowest BCUT2D eigenvalue weighted by Crippen LogP contribution is -2.43. The molecular formula is C12H14BrNO2. The first-order valence-corrected chi connectivity index (χ1v) is 5.99. The van der Waals surface area contributed by atoms with Crippen LogP contribution in [0.25, 0.3) is 0 Å². The van der Waals surface area contributed by atoms with E-state index in [0.717, 1.165) is 22.9 Å². The van der Waals surface area contributed by atoms with Gasteiger partial charge < -0.3 is 10.5 Å². The Balaban J connectivity index is 2.33. The molecule has 0 heterocycles. The Morgan fingerprint density at radius 2 is 2.12 bits per heavy atom. The van der Waals surface area contributed by atoms with E-state index in [-0.39, 0.29) is 11.4 Å². The largest absolute Gasteiger partial charge is 0.468 e. The van der Waals surface area contributed by atoms with Gasteiger partial charge in [-0.1, -0.05) is 34.1 Å². The van der Waals surface area contributed by atoms with Crippen molar-refractivity contribution in [1.29, 1.82) is 0 Å². The second-order valence-corrected chi connectivity index (χ2v) is 4.99. The maximum Gasteiger partial charge on any atom is 0.323 e. The van der Waals surface area contributed by atoms with Gasteiger partial charge in [0, 0.05) is 9.89 Å². The summed E-state index contributed by atoms with van der Waals surface area (Å²) in [5.74, 6) is -0.340. The highest BCUT2D eigenvalue weighted by Crippen LogP contribution is 2.52. The van der Waals surface area contributed by atoms with Crippen LogP contribution in [0.3, 0.4) is 0 Å². The van der Waals surface area contributed by atoms with Gasteiger partial charge in [0.1, 0.15) is 6.04 Å². The maximum absolute atomic E-state index is 11.5. The zero-order chi connectivity index (χ0) is 11.8. The summed E-state index contributed by atoms with van der Waals surface area (Å²) in [6, 6.07) is 7.33. The Hall–Kier alpha value is -0.870. The van der Waals surface area contributed by atoms with Crippen molar-refractivity contribution in [2.45, 2.75) is 24.3 Å². The molecule has 0 aliphatic heterocycles. The highest BCUT2D eigenvalue weighted by Gasteiger charge is 2.53. The molecule has 4 heteroatoms. The SMILES string of the molecule is COC(=O)C(N)C1(c2ccccc2Br)CC1. The number of carbonyl (C=O) groups excluding carboxylic acids is 1. The molecule has 86 valence electrons. The number of benzene rings is 1. The fraction of sp³-hybridized carbons (Fsp3) is 0.417. The number of hydrogen-bond donors (Lipinski definition) is 1. The average Bonchev–Trinajstić information content (AvgIpc) is 3.09.